The summed E-state index contributed by atoms with van der Waals surface area (Å²) in [5.74, 6) is -4.02. The Kier molecular flexibility index (Phi) is 6.83. The van der Waals surface area contributed by atoms with E-state index in [1.807, 2.05) is 0 Å². The molecule has 0 bridgehead atoms. The third kappa shape index (κ3) is 4.71. The number of anilines is 2. The van der Waals surface area contributed by atoms with E-state index in [-0.39, 0.29) is 27.6 Å². The van der Waals surface area contributed by atoms with Gasteiger partial charge in [-0.15, -0.1) is 11.3 Å². The molecule has 148 valence electrons. The van der Waals surface area contributed by atoms with E-state index in [9.17, 15) is 23.6 Å². The van der Waals surface area contributed by atoms with Crippen LogP contribution in [0.25, 0.3) is 0 Å². The largest absolute Gasteiger partial charge is 0.465 e. The van der Waals surface area contributed by atoms with Crippen LogP contribution in [0.5, 0.6) is 0 Å². The number of carbonyl (C=O) groups is 4. The second-order valence-corrected chi connectivity index (χ2v) is 6.41. The van der Waals surface area contributed by atoms with Crippen LogP contribution in [-0.4, -0.2) is 37.5 Å². The number of amides is 2. The van der Waals surface area contributed by atoms with Crippen LogP contribution >= 0.6 is 11.3 Å². The molecule has 0 fully saturated rings. The van der Waals surface area contributed by atoms with Gasteiger partial charge < -0.3 is 20.1 Å². The summed E-state index contributed by atoms with van der Waals surface area (Å²) in [6.45, 7) is 3.05. The van der Waals surface area contributed by atoms with Crippen LogP contribution < -0.4 is 10.6 Å². The van der Waals surface area contributed by atoms with Crippen molar-refractivity contribution < 1.29 is 33.0 Å². The van der Waals surface area contributed by atoms with E-state index in [1.165, 1.54) is 38.1 Å². The summed E-state index contributed by atoms with van der Waals surface area (Å²) in [7, 11) is 1.15. The number of halogens is 1. The van der Waals surface area contributed by atoms with E-state index in [1.54, 1.807) is 0 Å². The van der Waals surface area contributed by atoms with Gasteiger partial charge in [0, 0.05) is 5.69 Å². The first-order valence-electron chi connectivity index (χ1n) is 8.05. The Balaban J connectivity index is 2.34. The van der Waals surface area contributed by atoms with Crippen LogP contribution in [0.1, 0.15) is 32.5 Å². The van der Waals surface area contributed by atoms with Gasteiger partial charge in [0.2, 0.25) is 0 Å². The van der Waals surface area contributed by atoms with Gasteiger partial charge in [0.05, 0.1) is 24.2 Å². The average molecular weight is 408 g/mol. The number of hydrogen-bond donors (Lipinski definition) is 2. The minimum Gasteiger partial charge on any atom is -0.465 e. The van der Waals surface area contributed by atoms with Gasteiger partial charge in [0.1, 0.15) is 10.8 Å². The minimum absolute atomic E-state index is 0.00487. The summed E-state index contributed by atoms with van der Waals surface area (Å²) in [4.78, 5) is 48.2. The van der Waals surface area contributed by atoms with E-state index in [0.717, 1.165) is 18.4 Å². The molecule has 0 aliphatic heterocycles. The molecular weight excluding hydrogens is 391 g/mol. The van der Waals surface area contributed by atoms with Crippen molar-refractivity contribution in [1.82, 2.24) is 0 Å². The summed E-state index contributed by atoms with van der Waals surface area (Å²) in [5.41, 5.74) is 0.556. The highest BCUT2D eigenvalue weighted by Crippen LogP contribution is 2.34. The summed E-state index contributed by atoms with van der Waals surface area (Å²) < 4.78 is 22.3. The molecule has 2 amide bonds. The molecule has 0 saturated heterocycles. The third-order valence-electron chi connectivity index (χ3n) is 3.53. The lowest BCUT2D eigenvalue weighted by molar-refractivity contribution is -0.152. The van der Waals surface area contributed by atoms with Crippen molar-refractivity contribution in [3.8, 4) is 0 Å². The quantitative estimate of drug-likeness (QED) is 0.581. The number of nitrogens with one attached hydrogen (secondary N) is 2. The number of methoxy groups -OCH3 is 1. The molecule has 28 heavy (non-hydrogen) atoms. The molecule has 1 aromatic heterocycles. The molecule has 0 radical (unpaired) electrons. The van der Waals surface area contributed by atoms with Crippen molar-refractivity contribution in [1.29, 1.82) is 0 Å². The van der Waals surface area contributed by atoms with E-state index in [0.29, 0.717) is 5.69 Å². The van der Waals surface area contributed by atoms with Gasteiger partial charge in [-0.3, -0.25) is 9.59 Å². The molecule has 1 heterocycles. The Morgan fingerprint density at radius 1 is 1.11 bits per heavy atom. The maximum atomic E-state index is 13.0. The van der Waals surface area contributed by atoms with Crippen LogP contribution in [0, 0.1) is 12.7 Å². The van der Waals surface area contributed by atoms with E-state index >= 15 is 0 Å². The van der Waals surface area contributed by atoms with Crippen LogP contribution in [0.2, 0.25) is 0 Å². The number of benzene rings is 1. The average Bonchev–Trinajstić information content (AvgIpc) is 2.99. The summed E-state index contributed by atoms with van der Waals surface area (Å²) in [6, 6.07) is 5.12. The summed E-state index contributed by atoms with van der Waals surface area (Å²) in [5, 5.41) is 4.82. The van der Waals surface area contributed by atoms with Crippen molar-refractivity contribution in [2.45, 2.75) is 13.8 Å². The molecule has 2 N–H and O–H groups in total. The molecule has 0 saturated carbocycles. The molecule has 0 atom stereocenters. The molecule has 8 nitrogen and oxygen atoms in total. The first kappa shape index (κ1) is 21.0. The normalized spacial score (nSPS) is 10.1. The number of thiophene rings is 1. The lowest BCUT2D eigenvalue weighted by Crippen LogP contribution is -2.25. The summed E-state index contributed by atoms with van der Waals surface area (Å²) >= 11 is 0.797. The Hall–Kier alpha value is -3.27. The van der Waals surface area contributed by atoms with Gasteiger partial charge in [-0.1, -0.05) is 0 Å². The minimum atomic E-state index is -1.12. The number of hydrogen-bond acceptors (Lipinski definition) is 7. The Morgan fingerprint density at radius 2 is 1.75 bits per heavy atom. The van der Waals surface area contributed by atoms with Crippen LogP contribution in [0.3, 0.4) is 0 Å². The van der Waals surface area contributed by atoms with Gasteiger partial charge in [0.25, 0.3) is 5.91 Å². The van der Waals surface area contributed by atoms with Crippen molar-refractivity contribution in [3.05, 3.63) is 46.1 Å². The molecular formula is C18H17FN2O6S. The van der Waals surface area contributed by atoms with E-state index in [2.05, 4.69) is 15.4 Å². The highest BCUT2D eigenvalue weighted by Gasteiger charge is 2.28. The SMILES string of the molecule is CCOC(=O)C(=O)Nc1sc(C(=O)Nc2ccc(F)cc2)c(C)c1C(=O)OC. The van der Waals surface area contributed by atoms with Crippen LogP contribution in [0.4, 0.5) is 15.1 Å². The van der Waals surface area contributed by atoms with Crippen molar-refractivity contribution in [2.24, 2.45) is 0 Å². The van der Waals surface area contributed by atoms with Gasteiger partial charge in [0.15, 0.2) is 0 Å². The van der Waals surface area contributed by atoms with Gasteiger partial charge in [-0.25, -0.2) is 14.0 Å². The topological polar surface area (TPSA) is 111 Å². The maximum Gasteiger partial charge on any atom is 0.397 e. The smallest absolute Gasteiger partial charge is 0.397 e. The predicted molar refractivity (Wildman–Crippen MR) is 100 cm³/mol. The van der Waals surface area contributed by atoms with Crippen LogP contribution in [0.15, 0.2) is 24.3 Å². The zero-order valence-corrected chi connectivity index (χ0v) is 16.1. The Labute approximate surface area is 163 Å². The lowest BCUT2D eigenvalue weighted by Gasteiger charge is -2.05. The standard InChI is InChI=1S/C18H17FN2O6S/c1-4-27-18(25)15(23)21-16-12(17(24)26-3)9(2)13(28-16)14(22)20-11-7-5-10(19)6-8-11/h5-8H,4H2,1-3H3,(H,20,22)(H,21,23). The van der Waals surface area contributed by atoms with Gasteiger partial charge in [-0.05, 0) is 43.7 Å². The molecule has 0 aliphatic carbocycles. The van der Waals surface area contributed by atoms with Gasteiger partial charge in [-0.2, -0.15) is 0 Å². The van der Waals surface area contributed by atoms with Crippen molar-refractivity contribution in [2.75, 3.05) is 24.4 Å². The fourth-order valence-electron chi connectivity index (χ4n) is 2.24. The highest BCUT2D eigenvalue weighted by molar-refractivity contribution is 7.19. The van der Waals surface area contributed by atoms with Gasteiger partial charge >= 0.3 is 17.8 Å². The fraction of sp³-hybridized carbons (Fsp3) is 0.222. The molecule has 10 heteroatoms. The highest BCUT2D eigenvalue weighted by atomic mass is 32.1. The number of rotatable bonds is 5. The van der Waals surface area contributed by atoms with Crippen molar-refractivity contribution >= 4 is 45.8 Å². The second-order valence-electron chi connectivity index (χ2n) is 5.39. The van der Waals surface area contributed by atoms with E-state index < -0.39 is 29.6 Å². The second kappa shape index (κ2) is 9.09. The predicted octanol–water partition coefficient (Wildman–Crippen LogP) is 2.74. The lowest BCUT2D eigenvalue weighted by atomic mass is 10.1. The van der Waals surface area contributed by atoms with Crippen molar-refractivity contribution in [3.63, 3.8) is 0 Å². The molecule has 2 aromatic rings. The monoisotopic (exact) mass is 408 g/mol. The van der Waals surface area contributed by atoms with E-state index in [4.69, 9.17) is 4.74 Å². The third-order valence-corrected chi connectivity index (χ3v) is 4.74. The Morgan fingerprint density at radius 3 is 2.32 bits per heavy atom. The first-order valence-corrected chi connectivity index (χ1v) is 8.86. The zero-order valence-electron chi connectivity index (χ0n) is 15.3. The molecule has 2 rings (SSSR count). The summed E-state index contributed by atoms with van der Waals surface area (Å²) in [6.07, 6.45) is 0. The molecule has 0 aliphatic rings. The van der Waals surface area contributed by atoms with Crippen LogP contribution in [-0.2, 0) is 19.1 Å². The number of esters is 2. The molecule has 1 aromatic carbocycles. The Bertz CT molecular complexity index is 923. The maximum absolute atomic E-state index is 13.0. The zero-order chi connectivity index (χ0) is 20.8. The molecule has 0 unspecified atom stereocenters. The fourth-order valence-corrected chi connectivity index (χ4v) is 3.32. The first-order chi connectivity index (χ1) is 13.3. The molecule has 0 spiro atoms. The number of carbonyl (C=O) groups excluding carboxylic acids is 4. The number of ether oxygens (including phenoxy) is 2.